The molecule has 2 saturated heterocycles. The van der Waals surface area contributed by atoms with Crippen LogP contribution in [0.25, 0.3) is 11.1 Å². The molecule has 5 rings (SSSR count). The van der Waals surface area contributed by atoms with Gasteiger partial charge in [0.2, 0.25) is 0 Å². The highest BCUT2D eigenvalue weighted by Gasteiger charge is 2.31. The molecular formula is C35H39F3N4O4. The number of nitrogens with one attached hydrogen (secondary N) is 1. The molecule has 0 spiro atoms. The molecule has 2 amide bonds. The van der Waals surface area contributed by atoms with Crippen LogP contribution in [0, 0.1) is 0 Å². The fraction of sp³-hybridized carbons (Fsp3) is 0.400. The van der Waals surface area contributed by atoms with Crippen molar-refractivity contribution in [1.29, 1.82) is 0 Å². The molecule has 0 aliphatic carbocycles. The van der Waals surface area contributed by atoms with Gasteiger partial charge in [-0.2, -0.15) is 13.2 Å². The number of alkyl halides is 3. The van der Waals surface area contributed by atoms with E-state index in [0.717, 1.165) is 23.4 Å². The highest BCUT2D eigenvalue weighted by atomic mass is 19.4. The summed E-state index contributed by atoms with van der Waals surface area (Å²) in [7, 11) is 0. The highest BCUT2D eigenvalue weighted by Crippen LogP contribution is 2.32. The molecule has 0 radical (unpaired) electrons. The van der Waals surface area contributed by atoms with Crippen molar-refractivity contribution in [1.82, 2.24) is 15.2 Å². The maximum Gasteiger partial charge on any atom is 0.416 e. The second-order valence-corrected chi connectivity index (χ2v) is 11.9. The van der Waals surface area contributed by atoms with E-state index in [1.54, 1.807) is 18.2 Å². The van der Waals surface area contributed by atoms with Gasteiger partial charge in [0.15, 0.2) is 5.58 Å². The number of oxazole rings is 1. The molecule has 8 nitrogen and oxygen atoms in total. The smallest absolute Gasteiger partial charge is 0.416 e. The first-order valence-electron chi connectivity index (χ1n) is 15.6. The molecule has 0 atom stereocenters. The molecule has 46 heavy (non-hydrogen) atoms. The van der Waals surface area contributed by atoms with Crippen LogP contribution in [0.4, 0.5) is 18.9 Å². The van der Waals surface area contributed by atoms with E-state index in [9.17, 15) is 22.8 Å². The fourth-order valence-corrected chi connectivity index (χ4v) is 5.65. The van der Waals surface area contributed by atoms with Crippen molar-refractivity contribution >= 4 is 28.6 Å². The minimum absolute atomic E-state index is 0.0259. The van der Waals surface area contributed by atoms with Gasteiger partial charge in [-0.3, -0.25) is 9.59 Å². The van der Waals surface area contributed by atoms with Gasteiger partial charge in [0, 0.05) is 62.4 Å². The van der Waals surface area contributed by atoms with E-state index in [4.69, 9.17) is 9.15 Å². The number of fused-ring (bicyclic) bond motifs is 1. The fourth-order valence-electron chi connectivity index (χ4n) is 5.65. The van der Waals surface area contributed by atoms with Gasteiger partial charge in [0.05, 0.1) is 5.56 Å². The van der Waals surface area contributed by atoms with Crippen molar-refractivity contribution in [2.75, 3.05) is 31.1 Å². The van der Waals surface area contributed by atoms with Crippen LogP contribution in [-0.4, -0.2) is 60.0 Å². The molecule has 244 valence electrons. The molecule has 0 saturated carbocycles. The Hall–Kier alpha value is -4.54. The number of allylic oxidation sites excluding steroid dienone is 4. The number of hydrogen-bond donors (Lipinski definition) is 1. The Morgan fingerprint density at radius 1 is 0.978 bits per heavy atom. The molecule has 0 bridgehead atoms. The average molecular weight is 637 g/mol. The van der Waals surface area contributed by atoms with Crippen molar-refractivity contribution in [3.63, 3.8) is 0 Å². The zero-order chi connectivity index (χ0) is 32.8. The van der Waals surface area contributed by atoms with Crippen LogP contribution in [0.1, 0.15) is 62.7 Å². The summed E-state index contributed by atoms with van der Waals surface area (Å²) in [5, 5.41) is 3.00. The van der Waals surface area contributed by atoms with E-state index in [1.807, 2.05) is 50.0 Å². The lowest BCUT2D eigenvalue weighted by Gasteiger charge is -2.33. The van der Waals surface area contributed by atoms with E-state index in [2.05, 4.69) is 15.2 Å². The van der Waals surface area contributed by atoms with Gasteiger partial charge < -0.3 is 24.3 Å². The van der Waals surface area contributed by atoms with Crippen molar-refractivity contribution in [3.8, 4) is 5.75 Å². The molecule has 2 aromatic carbocycles. The Kier molecular flexibility index (Phi) is 10.2. The Morgan fingerprint density at radius 2 is 1.67 bits per heavy atom. The number of benzene rings is 2. The van der Waals surface area contributed by atoms with Gasteiger partial charge in [0.1, 0.15) is 17.4 Å². The maximum atomic E-state index is 13.0. The predicted molar refractivity (Wildman–Crippen MR) is 171 cm³/mol. The topological polar surface area (TPSA) is 87.9 Å². The number of carbonyl (C=O) groups excluding carboxylic acids is 2. The Balaban J connectivity index is 1.12. The molecule has 3 heterocycles. The number of anilines is 1. The first-order chi connectivity index (χ1) is 22.0. The third kappa shape index (κ3) is 8.18. The largest absolute Gasteiger partial charge is 0.490 e. The van der Waals surface area contributed by atoms with Gasteiger partial charge in [-0.15, -0.1) is 0 Å². The molecular weight excluding hydrogens is 597 g/mol. The lowest BCUT2D eigenvalue weighted by Crippen LogP contribution is -2.46. The van der Waals surface area contributed by atoms with Crippen LogP contribution in [0.2, 0.25) is 0 Å². The van der Waals surface area contributed by atoms with Crippen molar-refractivity contribution in [2.45, 2.75) is 64.8 Å². The van der Waals surface area contributed by atoms with E-state index < -0.39 is 17.6 Å². The molecule has 11 heteroatoms. The standard InChI is InChI=1S/C35H39F3N4O4/c1-4-5-24(7-6-23(2)3)34(44)42-18-14-26(15-19-42)39-32(43)33-40-30-13-12-29(22-31(30)46-33)45-28-16-20-41(21-17-28)27-10-8-25(9-11-27)35(36,37)38/h4-13,22,26,28H,14-21H2,1-3H3,(H,39,43)/b5-4-,24-7+. The molecule has 2 aliphatic heterocycles. The van der Waals surface area contributed by atoms with E-state index >= 15 is 0 Å². The summed E-state index contributed by atoms with van der Waals surface area (Å²) in [6, 6.07) is 10.4. The monoisotopic (exact) mass is 636 g/mol. The van der Waals surface area contributed by atoms with E-state index in [0.29, 0.717) is 74.3 Å². The summed E-state index contributed by atoms with van der Waals surface area (Å²) in [6.07, 6.45) is 5.67. The summed E-state index contributed by atoms with van der Waals surface area (Å²) in [5.41, 5.74) is 2.81. The molecule has 1 N–H and O–H groups in total. The molecule has 3 aromatic rings. The Morgan fingerprint density at radius 3 is 2.30 bits per heavy atom. The quantitative estimate of drug-likeness (QED) is 0.210. The van der Waals surface area contributed by atoms with Gasteiger partial charge >= 0.3 is 12.1 Å². The molecule has 1 aromatic heterocycles. The number of likely N-dealkylation sites (tertiary alicyclic amines) is 1. The summed E-state index contributed by atoms with van der Waals surface area (Å²) in [5.74, 6) is 0.131. The number of piperidine rings is 2. The minimum atomic E-state index is -4.35. The Labute approximate surface area is 266 Å². The molecule has 0 unspecified atom stereocenters. The van der Waals surface area contributed by atoms with Crippen molar-refractivity contribution in [2.24, 2.45) is 0 Å². The number of ether oxygens (including phenoxy) is 1. The zero-order valence-electron chi connectivity index (χ0n) is 26.3. The SMILES string of the molecule is C/C=C\C(=C/C=C(C)C)C(=O)N1CCC(NC(=O)c2nc3ccc(OC4CCN(c5ccc(C(F)(F)F)cc5)CC4)cc3o2)CC1. The number of nitrogens with zero attached hydrogens (tertiary/aromatic N) is 3. The zero-order valence-corrected chi connectivity index (χ0v) is 26.3. The second kappa shape index (κ2) is 14.3. The van der Waals surface area contributed by atoms with Crippen LogP contribution in [0.3, 0.4) is 0 Å². The predicted octanol–water partition coefficient (Wildman–Crippen LogP) is 7.08. The summed E-state index contributed by atoms with van der Waals surface area (Å²) >= 11 is 0. The lowest BCUT2D eigenvalue weighted by atomic mass is 10.0. The first-order valence-corrected chi connectivity index (χ1v) is 15.6. The van der Waals surface area contributed by atoms with Gasteiger partial charge in [-0.25, -0.2) is 4.98 Å². The normalized spacial score (nSPS) is 17.0. The average Bonchev–Trinajstić information content (AvgIpc) is 3.47. The van der Waals surface area contributed by atoms with E-state index in [1.165, 1.54) is 12.1 Å². The highest BCUT2D eigenvalue weighted by molar-refractivity contribution is 5.96. The lowest BCUT2D eigenvalue weighted by molar-refractivity contribution is -0.137. The van der Waals surface area contributed by atoms with Crippen LogP contribution in [0.5, 0.6) is 5.75 Å². The summed E-state index contributed by atoms with van der Waals surface area (Å²) in [6.45, 7) is 8.22. The Bertz CT molecular complexity index is 1620. The van der Waals surface area contributed by atoms with E-state index in [-0.39, 0.29) is 23.9 Å². The number of amides is 2. The molecule has 2 aliphatic rings. The van der Waals surface area contributed by atoms with Gasteiger partial charge in [0.25, 0.3) is 11.8 Å². The number of hydrogen-bond acceptors (Lipinski definition) is 6. The van der Waals surface area contributed by atoms with Crippen molar-refractivity contribution < 1.29 is 31.9 Å². The summed E-state index contributed by atoms with van der Waals surface area (Å²) in [4.78, 5) is 34.2. The maximum absolute atomic E-state index is 13.0. The molecule has 2 fully saturated rings. The van der Waals surface area contributed by atoms with Gasteiger partial charge in [-0.05, 0) is 76.1 Å². The van der Waals surface area contributed by atoms with Crippen LogP contribution in [0.15, 0.2) is 82.3 Å². The third-order valence-electron chi connectivity index (χ3n) is 8.17. The number of aromatic nitrogens is 1. The van der Waals surface area contributed by atoms with Gasteiger partial charge in [-0.1, -0.05) is 23.8 Å². The number of rotatable bonds is 8. The first kappa shape index (κ1) is 32.8. The number of halogens is 3. The second-order valence-electron chi connectivity index (χ2n) is 11.9. The van der Waals surface area contributed by atoms with Crippen molar-refractivity contribution in [3.05, 3.63) is 89.4 Å². The van der Waals surface area contributed by atoms with Crippen LogP contribution < -0.4 is 15.0 Å². The minimum Gasteiger partial charge on any atom is -0.490 e. The number of carbonyl (C=O) groups is 2. The van der Waals surface area contributed by atoms with Crippen LogP contribution >= 0.6 is 0 Å². The summed E-state index contributed by atoms with van der Waals surface area (Å²) < 4.78 is 50.6. The third-order valence-corrected chi connectivity index (χ3v) is 8.17. The van der Waals surface area contributed by atoms with Crippen LogP contribution in [-0.2, 0) is 11.0 Å².